The first-order chi connectivity index (χ1) is 8.64. The lowest BCUT2D eigenvalue weighted by atomic mass is 10.2. The largest absolute Gasteiger partial charge is 0.388 e. The van der Waals surface area contributed by atoms with Crippen LogP contribution in [0.4, 0.5) is 0 Å². The summed E-state index contributed by atoms with van der Waals surface area (Å²) in [4.78, 5) is 0. The summed E-state index contributed by atoms with van der Waals surface area (Å²) in [7, 11) is 2.52. The van der Waals surface area contributed by atoms with Gasteiger partial charge in [-0.3, -0.25) is 0 Å². The maximum Gasteiger partial charge on any atom is 0.140 e. The molecule has 0 atom stereocenters. The topological polar surface area (TPSA) is 27.7 Å². The average molecular weight is 307 g/mol. The van der Waals surface area contributed by atoms with Crippen LogP contribution in [0.2, 0.25) is 30.2 Å². The lowest BCUT2D eigenvalue weighted by Crippen LogP contribution is -2.52. The summed E-state index contributed by atoms with van der Waals surface area (Å²) < 4.78 is 16.4. The van der Waals surface area contributed by atoms with E-state index in [2.05, 4.69) is 33.9 Å². The standard InChI is InChI=1S/C14H34O3Si2/c1-14(2,3)18(7,8)9-10-19(11-15-4,12-16-5)13-17-6/h9-13H2,1-8H3. The Kier molecular flexibility index (Phi) is 8.06. The predicted molar refractivity (Wildman–Crippen MR) is 88.2 cm³/mol. The van der Waals surface area contributed by atoms with Crippen LogP contribution in [0.1, 0.15) is 20.8 Å². The van der Waals surface area contributed by atoms with Gasteiger partial charge in [0.25, 0.3) is 0 Å². The van der Waals surface area contributed by atoms with Crippen LogP contribution in [0.3, 0.4) is 0 Å². The molecule has 0 unspecified atom stereocenters. The maximum absolute atomic E-state index is 5.48. The molecule has 0 aromatic heterocycles. The molecule has 3 nitrogen and oxygen atoms in total. The Labute approximate surface area is 122 Å². The van der Waals surface area contributed by atoms with Crippen molar-refractivity contribution >= 4 is 16.1 Å². The molecule has 0 N–H and O–H groups in total. The molecule has 0 rings (SSSR count). The van der Waals surface area contributed by atoms with Gasteiger partial charge in [-0.15, -0.1) is 0 Å². The van der Waals surface area contributed by atoms with Crippen LogP contribution >= 0.6 is 0 Å². The summed E-state index contributed by atoms with van der Waals surface area (Å²) in [5.74, 6) is 0. The highest BCUT2D eigenvalue weighted by Crippen LogP contribution is 2.40. The number of hydrogen-bond acceptors (Lipinski definition) is 3. The highest BCUT2D eigenvalue weighted by Gasteiger charge is 2.40. The van der Waals surface area contributed by atoms with E-state index < -0.39 is 16.1 Å². The van der Waals surface area contributed by atoms with Crippen LogP contribution < -0.4 is 0 Å². The lowest BCUT2D eigenvalue weighted by Gasteiger charge is -2.40. The molecule has 0 aromatic rings. The van der Waals surface area contributed by atoms with Crippen molar-refractivity contribution in [1.29, 1.82) is 0 Å². The third kappa shape index (κ3) is 6.08. The molecule has 0 saturated carbocycles. The van der Waals surface area contributed by atoms with Crippen LogP contribution in [0.15, 0.2) is 0 Å². The summed E-state index contributed by atoms with van der Waals surface area (Å²) in [6.45, 7) is 12.1. The van der Waals surface area contributed by atoms with Crippen LogP contribution in [0, 0.1) is 0 Å². The molecule has 0 spiro atoms. The van der Waals surface area contributed by atoms with E-state index in [0.717, 1.165) is 18.7 Å². The molecule has 0 amide bonds. The predicted octanol–water partition coefficient (Wildman–Crippen LogP) is 3.50. The zero-order valence-corrected chi connectivity index (χ0v) is 16.3. The molecule has 0 bridgehead atoms. The van der Waals surface area contributed by atoms with Gasteiger partial charge < -0.3 is 14.2 Å². The monoisotopic (exact) mass is 306 g/mol. The SMILES string of the molecule is COC[Si](CC[Si](C)(C)C(C)(C)C)(COC)COC. The average Bonchev–Trinajstić information content (AvgIpc) is 2.26. The normalized spacial score (nSPS) is 13.9. The maximum atomic E-state index is 5.48. The van der Waals surface area contributed by atoms with Gasteiger partial charge in [-0.05, 0) is 5.04 Å². The quantitative estimate of drug-likeness (QED) is 0.610. The van der Waals surface area contributed by atoms with Gasteiger partial charge in [-0.1, -0.05) is 46.0 Å². The molecule has 0 aliphatic rings. The zero-order chi connectivity index (χ0) is 15.2. The van der Waals surface area contributed by atoms with Gasteiger partial charge >= 0.3 is 0 Å². The van der Waals surface area contributed by atoms with E-state index in [1.54, 1.807) is 21.3 Å². The number of hydrogen-bond donors (Lipinski definition) is 0. The second-order valence-corrected chi connectivity index (χ2v) is 17.6. The molecule has 116 valence electrons. The third-order valence-corrected chi connectivity index (χ3v) is 14.7. The first-order valence-electron chi connectivity index (χ1n) is 7.11. The van der Waals surface area contributed by atoms with Gasteiger partial charge in [0, 0.05) is 40.0 Å². The number of methoxy groups -OCH3 is 3. The second-order valence-electron chi connectivity index (χ2n) is 7.43. The molecular formula is C14H34O3Si2. The minimum absolute atomic E-state index is 0.445. The van der Waals surface area contributed by atoms with Crippen LogP contribution in [0.5, 0.6) is 0 Å². The van der Waals surface area contributed by atoms with Crippen LogP contribution in [-0.4, -0.2) is 56.2 Å². The van der Waals surface area contributed by atoms with Gasteiger partial charge in [0.15, 0.2) is 0 Å². The van der Waals surface area contributed by atoms with Crippen molar-refractivity contribution in [3.8, 4) is 0 Å². The van der Waals surface area contributed by atoms with Crippen molar-refractivity contribution in [3.63, 3.8) is 0 Å². The first-order valence-corrected chi connectivity index (χ1v) is 13.1. The van der Waals surface area contributed by atoms with Crippen molar-refractivity contribution in [2.45, 2.75) is 51.0 Å². The van der Waals surface area contributed by atoms with E-state index in [-0.39, 0.29) is 0 Å². The molecule has 19 heavy (non-hydrogen) atoms. The fraction of sp³-hybridized carbons (Fsp3) is 1.00. The lowest BCUT2D eigenvalue weighted by molar-refractivity contribution is 0.189. The number of rotatable bonds is 9. The Balaban J connectivity index is 4.81. The summed E-state index contributed by atoms with van der Waals surface area (Å²) in [6.07, 6.45) is 2.51. The summed E-state index contributed by atoms with van der Waals surface area (Å²) in [5, 5.41) is 0.445. The van der Waals surface area contributed by atoms with Gasteiger partial charge in [0.2, 0.25) is 0 Å². The minimum atomic E-state index is -1.62. The Morgan fingerprint density at radius 1 is 0.737 bits per heavy atom. The van der Waals surface area contributed by atoms with Crippen molar-refractivity contribution in [3.05, 3.63) is 0 Å². The van der Waals surface area contributed by atoms with Crippen molar-refractivity contribution in [1.82, 2.24) is 0 Å². The smallest absolute Gasteiger partial charge is 0.140 e. The molecule has 0 heterocycles. The summed E-state index contributed by atoms with van der Waals surface area (Å²) >= 11 is 0. The van der Waals surface area contributed by atoms with Gasteiger partial charge in [-0.25, -0.2) is 0 Å². The van der Waals surface area contributed by atoms with E-state index in [4.69, 9.17) is 14.2 Å². The Bertz CT molecular complexity index is 233. The van der Waals surface area contributed by atoms with Gasteiger partial charge in [-0.2, -0.15) is 0 Å². The Morgan fingerprint density at radius 3 is 1.37 bits per heavy atom. The highest BCUT2D eigenvalue weighted by atomic mass is 28.3. The Morgan fingerprint density at radius 2 is 1.11 bits per heavy atom. The van der Waals surface area contributed by atoms with Crippen LogP contribution in [-0.2, 0) is 14.2 Å². The molecule has 0 aliphatic carbocycles. The molecular weight excluding hydrogens is 272 g/mol. The van der Waals surface area contributed by atoms with E-state index in [0.29, 0.717) is 5.04 Å². The fourth-order valence-corrected chi connectivity index (χ4v) is 10.1. The van der Waals surface area contributed by atoms with Crippen molar-refractivity contribution < 1.29 is 14.2 Å². The molecule has 0 saturated heterocycles. The zero-order valence-electron chi connectivity index (χ0n) is 14.3. The van der Waals surface area contributed by atoms with E-state index in [1.165, 1.54) is 12.1 Å². The molecule has 0 aromatic carbocycles. The summed E-state index contributed by atoms with van der Waals surface area (Å²) in [5.41, 5.74) is 0. The molecule has 0 aliphatic heterocycles. The second kappa shape index (κ2) is 7.93. The van der Waals surface area contributed by atoms with Crippen molar-refractivity contribution in [2.24, 2.45) is 0 Å². The highest BCUT2D eigenvalue weighted by molar-refractivity contribution is 6.85. The van der Waals surface area contributed by atoms with E-state index in [1.807, 2.05) is 0 Å². The Hall–Kier alpha value is 0.314. The van der Waals surface area contributed by atoms with Crippen molar-refractivity contribution in [2.75, 3.05) is 40.0 Å². The molecule has 0 fully saturated rings. The van der Waals surface area contributed by atoms with Crippen LogP contribution in [0.25, 0.3) is 0 Å². The third-order valence-electron chi connectivity index (χ3n) is 4.66. The van der Waals surface area contributed by atoms with E-state index >= 15 is 0 Å². The molecule has 5 heteroatoms. The molecule has 0 radical (unpaired) electrons. The minimum Gasteiger partial charge on any atom is -0.388 e. The van der Waals surface area contributed by atoms with Gasteiger partial charge in [0.05, 0.1) is 8.07 Å². The van der Waals surface area contributed by atoms with E-state index in [9.17, 15) is 0 Å². The summed E-state index contributed by atoms with van der Waals surface area (Å²) in [6, 6.07) is 2.58. The fourth-order valence-electron chi connectivity index (χ4n) is 2.21. The van der Waals surface area contributed by atoms with Gasteiger partial charge in [0.1, 0.15) is 8.07 Å². The first kappa shape index (κ1) is 19.3. The number of ether oxygens (including phenoxy) is 3.